The molecule has 0 aliphatic heterocycles. The number of hydrogen-bond acceptors (Lipinski definition) is 3. The Morgan fingerprint density at radius 1 is 1.50 bits per heavy atom. The van der Waals surface area contributed by atoms with Gasteiger partial charge in [-0.15, -0.1) is 0 Å². The number of halogens is 1. The number of amides is 1. The maximum Gasteiger partial charge on any atom is 0.258 e. The van der Waals surface area contributed by atoms with Crippen molar-refractivity contribution >= 4 is 17.5 Å². The Morgan fingerprint density at radius 3 is 2.83 bits per heavy atom. The van der Waals surface area contributed by atoms with Crippen molar-refractivity contribution < 1.29 is 9.53 Å². The zero-order valence-corrected chi connectivity index (χ0v) is 11.5. The van der Waals surface area contributed by atoms with Crippen LogP contribution in [-0.2, 0) is 11.2 Å². The van der Waals surface area contributed by atoms with E-state index in [-0.39, 0.29) is 18.6 Å². The van der Waals surface area contributed by atoms with Crippen LogP contribution in [-0.4, -0.2) is 25.1 Å². The highest BCUT2D eigenvalue weighted by atomic mass is 35.5. The highest BCUT2D eigenvalue weighted by Gasteiger charge is 2.10. The van der Waals surface area contributed by atoms with Gasteiger partial charge in [0.1, 0.15) is 5.75 Å². The maximum atomic E-state index is 11.5. The lowest BCUT2D eigenvalue weighted by Gasteiger charge is -2.13. The highest BCUT2D eigenvalue weighted by molar-refractivity contribution is 6.32. The lowest BCUT2D eigenvalue weighted by atomic mass is 10.1. The maximum absolute atomic E-state index is 11.5. The molecule has 0 aliphatic carbocycles. The smallest absolute Gasteiger partial charge is 0.258 e. The number of nitrogens with one attached hydrogen (secondary N) is 1. The van der Waals surface area contributed by atoms with Crippen molar-refractivity contribution in [3.63, 3.8) is 0 Å². The first-order valence-electron chi connectivity index (χ1n) is 5.94. The molecule has 0 radical (unpaired) electrons. The molecule has 1 amide bonds. The van der Waals surface area contributed by atoms with E-state index in [1.165, 1.54) is 0 Å². The minimum Gasteiger partial charge on any atom is -0.482 e. The van der Waals surface area contributed by atoms with Crippen LogP contribution < -0.4 is 15.8 Å². The van der Waals surface area contributed by atoms with Gasteiger partial charge in [0, 0.05) is 6.04 Å². The zero-order chi connectivity index (χ0) is 13.5. The van der Waals surface area contributed by atoms with Gasteiger partial charge < -0.3 is 15.8 Å². The Morgan fingerprint density at radius 2 is 2.22 bits per heavy atom. The summed E-state index contributed by atoms with van der Waals surface area (Å²) < 4.78 is 5.48. The molecule has 100 valence electrons. The number of hydrogen-bond donors (Lipinski definition) is 2. The van der Waals surface area contributed by atoms with Gasteiger partial charge >= 0.3 is 0 Å². The van der Waals surface area contributed by atoms with E-state index in [0.717, 1.165) is 5.56 Å². The normalized spacial score (nSPS) is 10.5. The minimum absolute atomic E-state index is 0.0422. The second kappa shape index (κ2) is 7.24. The van der Waals surface area contributed by atoms with Crippen LogP contribution in [0.25, 0.3) is 0 Å². The second-order valence-corrected chi connectivity index (χ2v) is 4.68. The standard InChI is InChI=1S/C13H19ClN2O2/c1-9(2)16-12(17)8-18-13-10(6-7-15)4-3-5-11(13)14/h3-5,9H,6-8,15H2,1-2H3,(H,16,17). The van der Waals surface area contributed by atoms with Crippen molar-refractivity contribution in [2.45, 2.75) is 26.3 Å². The van der Waals surface area contributed by atoms with E-state index in [9.17, 15) is 4.79 Å². The van der Waals surface area contributed by atoms with Crippen LogP contribution in [0, 0.1) is 0 Å². The van der Waals surface area contributed by atoms with Crippen LogP contribution in [0.3, 0.4) is 0 Å². The summed E-state index contributed by atoms with van der Waals surface area (Å²) in [6.45, 7) is 4.26. The topological polar surface area (TPSA) is 64.3 Å². The van der Waals surface area contributed by atoms with Gasteiger partial charge in [-0.25, -0.2) is 0 Å². The number of nitrogens with two attached hydrogens (primary N) is 1. The number of rotatable bonds is 6. The number of ether oxygens (including phenoxy) is 1. The van der Waals surface area contributed by atoms with Gasteiger partial charge in [0.15, 0.2) is 6.61 Å². The molecule has 0 aromatic heterocycles. The molecule has 0 heterocycles. The molecule has 0 saturated carbocycles. The van der Waals surface area contributed by atoms with E-state index in [1.54, 1.807) is 6.07 Å². The molecule has 0 atom stereocenters. The van der Waals surface area contributed by atoms with E-state index in [4.69, 9.17) is 22.1 Å². The molecular weight excluding hydrogens is 252 g/mol. The third-order valence-electron chi connectivity index (χ3n) is 2.26. The average Bonchev–Trinajstić information content (AvgIpc) is 2.27. The summed E-state index contributed by atoms with van der Waals surface area (Å²) in [5.74, 6) is 0.382. The molecule has 1 rings (SSSR count). The molecule has 0 aliphatic rings. The third-order valence-corrected chi connectivity index (χ3v) is 2.56. The number of carbonyl (C=O) groups excluding carboxylic acids is 1. The fourth-order valence-electron chi connectivity index (χ4n) is 1.57. The number of benzene rings is 1. The first-order valence-corrected chi connectivity index (χ1v) is 6.32. The first-order chi connectivity index (χ1) is 8.54. The van der Waals surface area contributed by atoms with E-state index in [0.29, 0.717) is 23.7 Å². The predicted molar refractivity (Wildman–Crippen MR) is 73.0 cm³/mol. The average molecular weight is 271 g/mol. The van der Waals surface area contributed by atoms with Crippen molar-refractivity contribution in [1.82, 2.24) is 5.32 Å². The molecule has 3 N–H and O–H groups in total. The Kier molecular flexibility index (Phi) is 5.95. The summed E-state index contributed by atoms with van der Waals surface area (Å²) in [5.41, 5.74) is 6.44. The summed E-state index contributed by atoms with van der Waals surface area (Å²) in [5, 5.41) is 3.25. The molecule has 0 unspecified atom stereocenters. The van der Waals surface area contributed by atoms with Gasteiger partial charge in [-0.1, -0.05) is 23.7 Å². The third kappa shape index (κ3) is 4.55. The Hall–Kier alpha value is -1.26. The molecule has 5 heteroatoms. The van der Waals surface area contributed by atoms with Crippen LogP contribution in [0.1, 0.15) is 19.4 Å². The summed E-state index contributed by atoms with van der Waals surface area (Å²) in [6.07, 6.45) is 0.668. The van der Waals surface area contributed by atoms with Gasteiger partial charge in [-0.05, 0) is 38.4 Å². The van der Waals surface area contributed by atoms with Gasteiger partial charge in [0.25, 0.3) is 5.91 Å². The van der Waals surface area contributed by atoms with Crippen molar-refractivity contribution in [1.29, 1.82) is 0 Å². The molecule has 1 aromatic carbocycles. The number of carbonyl (C=O) groups is 1. The monoisotopic (exact) mass is 270 g/mol. The van der Waals surface area contributed by atoms with E-state index in [1.807, 2.05) is 26.0 Å². The van der Waals surface area contributed by atoms with Crippen molar-refractivity contribution in [2.24, 2.45) is 5.73 Å². The molecule has 18 heavy (non-hydrogen) atoms. The lowest BCUT2D eigenvalue weighted by Crippen LogP contribution is -2.34. The zero-order valence-electron chi connectivity index (χ0n) is 10.7. The fourth-order valence-corrected chi connectivity index (χ4v) is 1.82. The van der Waals surface area contributed by atoms with Gasteiger partial charge in [0.05, 0.1) is 5.02 Å². The van der Waals surface area contributed by atoms with Crippen LogP contribution in [0.2, 0.25) is 5.02 Å². The largest absolute Gasteiger partial charge is 0.482 e. The molecule has 0 bridgehead atoms. The van der Waals surface area contributed by atoms with Crippen molar-refractivity contribution in [3.8, 4) is 5.75 Å². The Labute approximate surface area is 112 Å². The van der Waals surface area contributed by atoms with Gasteiger partial charge in [-0.2, -0.15) is 0 Å². The molecular formula is C13H19ClN2O2. The van der Waals surface area contributed by atoms with E-state index >= 15 is 0 Å². The minimum atomic E-state index is -0.163. The quantitative estimate of drug-likeness (QED) is 0.828. The fraction of sp³-hybridized carbons (Fsp3) is 0.462. The Balaban J connectivity index is 2.68. The molecule has 0 saturated heterocycles. The molecule has 0 fully saturated rings. The first kappa shape index (κ1) is 14.8. The lowest BCUT2D eigenvalue weighted by molar-refractivity contribution is -0.123. The van der Waals surface area contributed by atoms with Crippen molar-refractivity contribution in [2.75, 3.05) is 13.2 Å². The summed E-state index contributed by atoms with van der Waals surface area (Å²) in [6, 6.07) is 5.57. The summed E-state index contributed by atoms with van der Waals surface area (Å²) >= 11 is 6.06. The van der Waals surface area contributed by atoms with Crippen LogP contribution in [0.5, 0.6) is 5.75 Å². The SMILES string of the molecule is CC(C)NC(=O)COc1c(Cl)cccc1CCN. The Bertz CT molecular complexity index is 408. The van der Waals surface area contributed by atoms with Crippen LogP contribution >= 0.6 is 11.6 Å². The van der Waals surface area contributed by atoms with Gasteiger partial charge in [-0.3, -0.25) is 4.79 Å². The molecule has 1 aromatic rings. The van der Waals surface area contributed by atoms with Crippen LogP contribution in [0.4, 0.5) is 0 Å². The molecule has 0 spiro atoms. The second-order valence-electron chi connectivity index (χ2n) is 4.28. The summed E-state index contributed by atoms with van der Waals surface area (Å²) in [4.78, 5) is 11.5. The molecule has 4 nitrogen and oxygen atoms in total. The summed E-state index contributed by atoms with van der Waals surface area (Å²) in [7, 11) is 0. The van der Waals surface area contributed by atoms with Gasteiger partial charge in [0.2, 0.25) is 0 Å². The van der Waals surface area contributed by atoms with E-state index < -0.39 is 0 Å². The number of para-hydroxylation sites is 1. The predicted octanol–water partition coefficient (Wildman–Crippen LogP) is 1.74. The highest BCUT2D eigenvalue weighted by Crippen LogP contribution is 2.28. The van der Waals surface area contributed by atoms with Crippen LogP contribution in [0.15, 0.2) is 18.2 Å². The van der Waals surface area contributed by atoms with E-state index in [2.05, 4.69) is 5.32 Å². The van der Waals surface area contributed by atoms with Crippen molar-refractivity contribution in [3.05, 3.63) is 28.8 Å².